The third-order valence-corrected chi connectivity index (χ3v) is 4.97. The minimum Gasteiger partial charge on any atom is -0.351 e. The number of halogens is 1. The Bertz CT molecular complexity index is 837. The van der Waals surface area contributed by atoms with Crippen LogP contribution in [0.3, 0.4) is 0 Å². The molecule has 0 aliphatic carbocycles. The summed E-state index contributed by atoms with van der Waals surface area (Å²) in [4.78, 5) is 12.0. The minimum absolute atomic E-state index is 0.0482. The van der Waals surface area contributed by atoms with E-state index in [2.05, 4.69) is 5.32 Å². The highest BCUT2D eigenvalue weighted by Gasteiger charge is 2.11. The molecular weight excluding hydrogens is 357 g/mol. The Morgan fingerprint density at radius 3 is 2.35 bits per heavy atom. The van der Waals surface area contributed by atoms with Gasteiger partial charge in [0.15, 0.2) is 6.54 Å². The Hall–Kier alpha value is -2.29. The summed E-state index contributed by atoms with van der Waals surface area (Å²) in [6.45, 7) is 2.67. The van der Waals surface area contributed by atoms with Gasteiger partial charge in [0.1, 0.15) is 11.9 Å². The number of primary sulfonamides is 1. The second-order valence-electron chi connectivity index (χ2n) is 6.07. The van der Waals surface area contributed by atoms with Gasteiger partial charge in [0, 0.05) is 12.1 Å². The molecule has 1 atom stereocenters. The zero-order chi connectivity index (χ0) is 19.2. The van der Waals surface area contributed by atoms with Crippen molar-refractivity contribution < 1.29 is 22.9 Å². The van der Waals surface area contributed by atoms with Crippen LogP contribution in [-0.2, 0) is 21.2 Å². The van der Waals surface area contributed by atoms with Gasteiger partial charge in [-0.1, -0.05) is 24.3 Å². The highest BCUT2D eigenvalue weighted by Crippen LogP contribution is 2.09. The summed E-state index contributed by atoms with van der Waals surface area (Å²) in [5.41, 5.74) is 1.86. The van der Waals surface area contributed by atoms with Crippen LogP contribution in [0.2, 0.25) is 0 Å². The maximum absolute atomic E-state index is 12.9. The molecule has 0 aromatic heterocycles. The second kappa shape index (κ2) is 8.88. The number of benzene rings is 2. The zero-order valence-electron chi connectivity index (χ0n) is 14.5. The summed E-state index contributed by atoms with van der Waals surface area (Å²) in [5.74, 6) is -0.379. The van der Waals surface area contributed by atoms with Gasteiger partial charge in [-0.05, 0) is 43.2 Å². The fourth-order valence-corrected chi connectivity index (χ4v) is 2.97. The molecule has 0 radical (unpaired) electrons. The molecule has 0 bridgehead atoms. The van der Waals surface area contributed by atoms with Gasteiger partial charge >= 0.3 is 0 Å². The van der Waals surface area contributed by atoms with E-state index in [0.717, 1.165) is 11.1 Å². The van der Waals surface area contributed by atoms with Crippen molar-refractivity contribution in [3.63, 3.8) is 0 Å². The summed E-state index contributed by atoms with van der Waals surface area (Å²) < 4.78 is 35.3. The van der Waals surface area contributed by atoms with Crippen LogP contribution in [0.1, 0.15) is 24.1 Å². The maximum atomic E-state index is 12.9. The van der Waals surface area contributed by atoms with Gasteiger partial charge in [0.2, 0.25) is 10.0 Å². The number of nitrogens with one attached hydrogen (secondary N) is 1. The van der Waals surface area contributed by atoms with Gasteiger partial charge in [0.05, 0.1) is 4.90 Å². The first-order valence-electron chi connectivity index (χ1n) is 8.23. The Morgan fingerprint density at radius 1 is 1.15 bits per heavy atom. The lowest BCUT2D eigenvalue weighted by Crippen LogP contribution is -2.87. The smallest absolute Gasteiger partial charge is 0.275 e. The van der Waals surface area contributed by atoms with Crippen LogP contribution in [0.15, 0.2) is 53.4 Å². The van der Waals surface area contributed by atoms with E-state index in [-0.39, 0.29) is 29.2 Å². The molecule has 26 heavy (non-hydrogen) atoms. The highest BCUT2D eigenvalue weighted by atomic mass is 32.2. The Kier molecular flexibility index (Phi) is 6.84. The molecule has 2 aromatic carbocycles. The molecule has 0 aliphatic rings. The number of carbonyl (C=O) groups excluding carboxylic acids is 1. The zero-order valence-corrected chi connectivity index (χ0v) is 15.3. The van der Waals surface area contributed by atoms with Gasteiger partial charge in [-0.2, -0.15) is 0 Å². The number of hydrogen-bond acceptors (Lipinski definition) is 3. The third kappa shape index (κ3) is 6.21. The first kappa shape index (κ1) is 20.0. The van der Waals surface area contributed by atoms with Crippen LogP contribution < -0.4 is 15.8 Å². The number of quaternary nitrogens is 1. The molecule has 0 spiro atoms. The standard InChI is InChI=1S/C18H22FN3O3S/c1-13(15-4-6-16(19)7-5-15)22-12-18(23)21-11-10-14-2-8-17(9-3-14)26(20,24)25/h2-9,13,22H,10-12H2,1H3,(H,21,23)(H2,20,24,25)/p+1/t13-/m1/s1. The van der Waals surface area contributed by atoms with Crippen LogP contribution in [-0.4, -0.2) is 27.4 Å². The van der Waals surface area contributed by atoms with Gasteiger partial charge in [0.25, 0.3) is 5.91 Å². The average molecular weight is 380 g/mol. The first-order chi connectivity index (χ1) is 12.3. The maximum Gasteiger partial charge on any atom is 0.275 e. The normalized spacial score (nSPS) is 12.6. The molecule has 0 unspecified atom stereocenters. The van der Waals surface area contributed by atoms with Crippen LogP contribution in [0, 0.1) is 5.82 Å². The molecule has 6 nitrogen and oxygen atoms in total. The third-order valence-electron chi connectivity index (χ3n) is 4.04. The minimum atomic E-state index is -3.69. The van der Waals surface area contributed by atoms with Gasteiger partial charge in [-0.3, -0.25) is 4.79 Å². The molecule has 140 valence electrons. The van der Waals surface area contributed by atoms with Crippen molar-refractivity contribution in [1.82, 2.24) is 5.32 Å². The number of nitrogens with two attached hydrogens (primary N) is 2. The van der Waals surface area contributed by atoms with Crippen LogP contribution >= 0.6 is 0 Å². The number of rotatable bonds is 8. The predicted octanol–water partition coefficient (Wildman–Crippen LogP) is 0.456. The topological polar surface area (TPSA) is 106 Å². The molecule has 2 aromatic rings. The summed E-state index contributed by atoms with van der Waals surface area (Å²) in [6, 6.07) is 12.5. The van der Waals surface area contributed by atoms with Crippen LogP contribution in [0.4, 0.5) is 4.39 Å². The molecule has 2 rings (SSSR count). The van der Waals surface area contributed by atoms with Gasteiger partial charge in [-0.25, -0.2) is 17.9 Å². The Morgan fingerprint density at radius 2 is 1.77 bits per heavy atom. The molecular formula is C18H23FN3O3S+. The van der Waals surface area contributed by atoms with Gasteiger partial charge in [-0.15, -0.1) is 0 Å². The predicted molar refractivity (Wildman–Crippen MR) is 96.1 cm³/mol. The van der Waals surface area contributed by atoms with Gasteiger partial charge < -0.3 is 10.6 Å². The lowest BCUT2D eigenvalue weighted by Gasteiger charge is -2.11. The van der Waals surface area contributed by atoms with Crippen LogP contribution in [0.5, 0.6) is 0 Å². The molecule has 0 heterocycles. The van der Waals surface area contributed by atoms with Crippen LogP contribution in [0.25, 0.3) is 0 Å². The number of hydrogen-bond donors (Lipinski definition) is 3. The summed E-state index contributed by atoms with van der Waals surface area (Å²) in [5, 5.41) is 9.74. The quantitative estimate of drug-likeness (QED) is 0.619. The highest BCUT2D eigenvalue weighted by molar-refractivity contribution is 7.89. The Labute approximate surface area is 152 Å². The summed E-state index contributed by atoms with van der Waals surface area (Å²) >= 11 is 0. The molecule has 5 N–H and O–H groups in total. The van der Waals surface area contributed by atoms with E-state index >= 15 is 0 Å². The molecule has 1 amide bonds. The van der Waals surface area contributed by atoms with E-state index in [1.807, 2.05) is 12.2 Å². The lowest BCUT2D eigenvalue weighted by atomic mass is 10.1. The van der Waals surface area contributed by atoms with E-state index in [1.165, 1.54) is 24.3 Å². The van der Waals surface area contributed by atoms with Crippen molar-refractivity contribution in [3.8, 4) is 0 Å². The van der Waals surface area contributed by atoms with E-state index in [4.69, 9.17) is 5.14 Å². The molecule has 0 aliphatic heterocycles. The largest absolute Gasteiger partial charge is 0.351 e. The number of amides is 1. The van der Waals surface area contributed by atoms with Crippen molar-refractivity contribution in [2.75, 3.05) is 13.1 Å². The van der Waals surface area contributed by atoms with Crippen molar-refractivity contribution in [3.05, 3.63) is 65.5 Å². The monoisotopic (exact) mass is 380 g/mol. The second-order valence-corrected chi connectivity index (χ2v) is 7.63. The lowest BCUT2D eigenvalue weighted by molar-refractivity contribution is -0.682. The fraction of sp³-hybridized carbons (Fsp3) is 0.278. The molecule has 8 heteroatoms. The van der Waals surface area contributed by atoms with Crippen molar-refractivity contribution in [2.24, 2.45) is 5.14 Å². The SMILES string of the molecule is C[C@@H]([NH2+]CC(=O)NCCc1ccc(S(N)(=O)=O)cc1)c1ccc(F)cc1. The summed E-state index contributed by atoms with van der Waals surface area (Å²) in [6.07, 6.45) is 0.587. The molecule has 0 saturated heterocycles. The van der Waals surface area contributed by atoms with Crippen molar-refractivity contribution >= 4 is 15.9 Å². The molecule has 0 saturated carbocycles. The van der Waals surface area contributed by atoms with Crippen molar-refractivity contribution in [1.29, 1.82) is 0 Å². The first-order valence-corrected chi connectivity index (χ1v) is 9.77. The summed E-state index contributed by atoms with van der Waals surface area (Å²) in [7, 11) is -3.69. The van der Waals surface area contributed by atoms with E-state index in [1.54, 1.807) is 24.3 Å². The van der Waals surface area contributed by atoms with Crippen molar-refractivity contribution in [2.45, 2.75) is 24.3 Å². The molecule has 0 fully saturated rings. The van der Waals surface area contributed by atoms with E-state index in [9.17, 15) is 17.6 Å². The Balaban J connectivity index is 1.72. The van der Waals surface area contributed by atoms with E-state index in [0.29, 0.717) is 13.0 Å². The number of sulfonamides is 1. The average Bonchev–Trinajstić information content (AvgIpc) is 2.60. The number of carbonyl (C=O) groups is 1. The fourth-order valence-electron chi connectivity index (χ4n) is 2.45. The van der Waals surface area contributed by atoms with E-state index < -0.39 is 10.0 Å².